The van der Waals surface area contributed by atoms with E-state index in [1.165, 1.54) is 0 Å². The highest BCUT2D eigenvalue weighted by atomic mass is 35.5. The third kappa shape index (κ3) is 2.17. The Morgan fingerprint density at radius 1 is 1.05 bits per heavy atom. The number of anilines is 2. The molecule has 0 atom stereocenters. The fourth-order valence-electron chi connectivity index (χ4n) is 2.30. The number of fused-ring (bicyclic) bond motifs is 2. The molecule has 0 fully saturated rings. The minimum Gasteiger partial charge on any atom is -0.340 e. The number of benzene rings is 2. The number of halogens is 1. The highest BCUT2D eigenvalue weighted by Gasteiger charge is 2.07. The predicted octanol–water partition coefficient (Wildman–Crippen LogP) is 3.90. The molecule has 2 heterocycles. The summed E-state index contributed by atoms with van der Waals surface area (Å²) in [7, 11) is 0. The zero-order valence-corrected chi connectivity index (χ0v) is 11.6. The molecule has 0 unspecified atom stereocenters. The Labute approximate surface area is 125 Å². The number of nitrogens with one attached hydrogen (secondary N) is 2. The van der Waals surface area contributed by atoms with Crippen LogP contribution in [0.2, 0.25) is 5.28 Å². The SMILES string of the molecule is Clc1nc(Nc2ccc3cn[nH]c3c2)c2ccccc2n1. The molecule has 2 N–H and O–H groups in total. The highest BCUT2D eigenvalue weighted by Crippen LogP contribution is 2.26. The lowest BCUT2D eigenvalue weighted by Gasteiger charge is -2.09. The lowest BCUT2D eigenvalue weighted by Crippen LogP contribution is -1.97. The van der Waals surface area contributed by atoms with Crippen LogP contribution in [0.5, 0.6) is 0 Å². The molecule has 0 aliphatic rings. The van der Waals surface area contributed by atoms with E-state index in [9.17, 15) is 0 Å². The van der Waals surface area contributed by atoms with Crippen LogP contribution in [0.4, 0.5) is 11.5 Å². The molecule has 0 saturated heterocycles. The molecule has 5 nitrogen and oxygen atoms in total. The number of para-hydroxylation sites is 1. The molecule has 0 radical (unpaired) electrons. The van der Waals surface area contributed by atoms with E-state index in [0.29, 0.717) is 5.82 Å². The normalized spacial score (nSPS) is 11.1. The van der Waals surface area contributed by atoms with Gasteiger partial charge in [-0.25, -0.2) is 4.98 Å². The van der Waals surface area contributed by atoms with Crippen molar-refractivity contribution in [3.8, 4) is 0 Å². The minimum absolute atomic E-state index is 0.221. The van der Waals surface area contributed by atoms with Crippen LogP contribution in [-0.2, 0) is 0 Å². The lowest BCUT2D eigenvalue weighted by atomic mass is 10.2. The van der Waals surface area contributed by atoms with Gasteiger partial charge >= 0.3 is 0 Å². The molecule has 0 bridgehead atoms. The number of aromatic amines is 1. The second-order valence-corrected chi connectivity index (χ2v) is 4.99. The molecule has 102 valence electrons. The molecule has 2 aromatic heterocycles. The summed E-state index contributed by atoms with van der Waals surface area (Å²) in [5.41, 5.74) is 2.68. The molecule has 0 saturated carbocycles. The van der Waals surface area contributed by atoms with Gasteiger partial charge in [0, 0.05) is 16.5 Å². The Hall–Kier alpha value is -2.66. The summed E-state index contributed by atoms with van der Waals surface area (Å²) in [6.07, 6.45) is 1.79. The van der Waals surface area contributed by atoms with Crippen molar-refractivity contribution in [1.29, 1.82) is 0 Å². The average molecular weight is 296 g/mol. The van der Waals surface area contributed by atoms with Gasteiger partial charge in [0.1, 0.15) is 5.82 Å². The van der Waals surface area contributed by atoms with Crippen LogP contribution in [-0.4, -0.2) is 20.2 Å². The van der Waals surface area contributed by atoms with Gasteiger partial charge in [0.05, 0.1) is 17.2 Å². The van der Waals surface area contributed by atoms with Crippen LogP contribution < -0.4 is 5.32 Å². The van der Waals surface area contributed by atoms with Crippen molar-refractivity contribution in [2.75, 3.05) is 5.32 Å². The van der Waals surface area contributed by atoms with Crippen molar-refractivity contribution in [3.05, 3.63) is 53.9 Å². The second-order valence-electron chi connectivity index (χ2n) is 4.66. The van der Waals surface area contributed by atoms with Crippen LogP contribution in [0.3, 0.4) is 0 Å². The van der Waals surface area contributed by atoms with Crippen LogP contribution >= 0.6 is 11.6 Å². The highest BCUT2D eigenvalue weighted by molar-refractivity contribution is 6.28. The van der Waals surface area contributed by atoms with Crippen LogP contribution in [0.1, 0.15) is 0 Å². The van der Waals surface area contributed by atoms with E-state index in [-0.39, 0.29) is 5.28 Å². The molecule has 4 aromatic rings. The van der Waals surface area contributed by atoms with E-state index < -0.39 is 0 Å². The molecular weight excluding hydrogens is 286 g/mol. The first kappa shape index (κ1) is 12.1. The van der Waals surface area contributed by atoms with Crippen molar-refractivity contribution in [3.63, 3.8) is 0 Å². The van der Waals surface area contributed by atoms with Gasteiger partial charge in [-0.2, -0.15) is 10.1 Å². The zero-order valence-electron chi connectivity index (χ0n) is 10.8. The first-order chi connectivity index (χ1) is 10.3. The van der Waals surface area contributed by atoms with Gasteiger partial charge in [-0.15, -0.1) is 0 Å². The quantitative estimate of drug-likeness (QED) is 0.550. The summed E-state index contributed by atoms with van der Waals surface area (Å²) < 4.78 is 0. The summed E-state index contributed by atoms with van der Waals surface area (Å²) in [4.78, 5) is 8.50. The first-order valence-corrected chi connectivity index (χ1v) is 6.80. The maximum atomic E-state index is 5.99. The van der Waals surface area contributed by atoms with Crippen molar-refractivity contribution >= 4 is 44.9 Å². The van der Waals surface area contributed by atoms with Gasteiger partial charge in [0.2, 0.25) is 5.28 Å². The van der Waals surface area contributed by atoms with Gasteiger partial charge in [-0.3, -0.25) is 5.10 Å². The van der Waals surface area contributed by atoms with Gasteiger partial charge in [0.25, 0.3) is 0 Å². The van der Waals surface area contributed by atoms with Crippen LogP contribution in [0, 0.1) is 0 Å². The van der Waals surface area contributed by atoms with Crippen molar-refractivity contribution in [2.24, 2.45) is 0 Å². The van der Waals surface area contributed by atoms with E-state index in [2.05, 4.69) is 25.5 Å². The van der Waals surface area contributed by atoms with Gasteiger partial charge in [-0.05, 0) is 41.9 Å². The predicted molar refractivity (Wildman–Crippen MR) is 83.9 cm³/mol. The van der Waals surface area contributed by atoms with Crippen molar-refractivity contribution in [1.82, 2.24) is 20.2 Å². The van der Waals surface area contributed by atoms with Gasteiger partial charge in [-0.1, -0.05) is 12.1 Å². The average Bonchev–Trinajstić information content (AvgIpc) is 2.94. The summed E-state index contributed by atoms with van der Waals surface area (Å²) in [5.74, 6) is 0.685. The number of hydrogen-bond donors (Lipinski definition) is 2. The van der Waals surface area contributed by atoms with E-state index in [1.54, 1.807) is 6.20 Å². The topological polar surface area (TPSA) is 66.5 Å². The number of rotatable bonds is 2. The lowest BCUT2D eigenvalue weighted by molar-refractivity contribution is 1.12. The molecule has 6 heteroatoms. The fourth-order valence-corrected chi connectivity index (χ4v) is 2.47. The summed E-state index contributed by atoms with van der Waals surface area (Å²) in [6.45, 7) is 0. The molecule has 0 amide bonds. The molecule has 2 aromatic carbocycles. The fraction of sp³-hybridized carbons (Fsp3) is 0. The smallest absolute Gasteiger partial charge is 0.224 e. The summed E-state index contributed by atoms with van der Waals surface area (Å²) in [6, 6.07) is 13.7. The Kier molecular flexibility index (Phi) is 2.72. The maximum absolute atomic E-state index is 5.99. The van der Waals surface area contributed by atoms with Crippen LogP contribution in [0.25, 0.3) is 21.8 Å². The number of H-pyrrole nitrogens is 1. The standard InChI is InChI=1S/C15H10ClN5/c16-15-19-12-4-2-1-3-11(12)14(20-15)18-10-6-5-9-8-17-21-13(9)7-10/h1-8H,(H,17,21)(H,18,19,20). The van der Waals surface area contributed by atoms with E-state index in [0.717, 1.165) is 27.5 Å². The van der Waals surface area contributed by atoms with Gasteiger partial charge < -0.3 is 5.32 Å². The minimum atomic E-state index is 0.221. The molecule has 4 rings (SSSR count). The Morgan fingerprint density at radius 2 is 1.95 bits per heavy atom. The Balaban J connectivity index is 1.82. The summed E-state index contributed by atoms with van der Waals surface area (Å²) in [5, 5.41) is 12.5. The van der Waals surface area contributed by atoms with Crippen LogP contribution in [0.15, 0.2) is 48.7 Å². The van der Waals surface area contributed by atoms with Crippen molar-refractivity contribution < 1.29 is 0 Å². The molecule has 0 aliphatic carbocycles. The third-order valence-electron chi connectivity index (χ3n) is 3.28. The molecule has 0 aliphatic heterocycles. The maximum Gasteiger partial charge on any atom is 0.224 e. The Bertz CT molecular complexity index is 947. The number of hydrogen-bond acceptors (Lipinski definition) is 4. The van der Waals surface area contributed by atoms with Gasteiger partial charge in [0.15, 0.2) is 0 Å². The second kappa shape index (κ2) is 4.71. The zero-order chi connectivity index (χ0) is 14.2. The molecule has 0 spiro atoms. The monoisotopic (exact) mass is 295 g/mol. The first-order valence-electron chi connectivity index (χ1n) is 6.42. The van der Waals surface area contributed by atoms with E-state index in [1.807, 2.05) is 42.5 Å². The third-order valence-corrected chi connectivity index (χ3v) is 3.45. The van der Waals surface area contributed by atoms with Crippen molar-refractivity contribution in [2.45, 2.75) is 0 Å². The Morgan fingerprint density at radius 3 is 2.90 bits per heavy atom. The molecular formula is C15H10ClN5. The largest absolute Gasteiger partial charge is 0.340 e. The summed E-state index contributed by atoms with van der Waals surface area (Å²) >= 11 is 5.99. The van der Waals surface area contributed by atoms with E-state index >= 15 is 0 Å². The number of nitrogens with zero attached hydrogens (tertiary/aromatic N) is 3. The number of aromatic nitrogens is 4. The molecule has 21 heavy (non-hydrogen) atoms. The van der Waals surface area contributed by atoms with E-state index in [4.69, 9.17) is 11.6 Å².